The standard InChI is InChI=1S/C21H16ClF4N5O3/c1-30-11-28-16(7-17(30)32)15-6-12(8-27-18(15)31-9-20(23,24)10-31)19(33)29-13-2-4-14(5-3-13)34-21(22,25)26/h2-8,11H,9-10H2,1H3,(H,29,33). The molecule has 1 amide bonds. The molecular weight excluding hydrogens is 482 g/mol. The van der Waals surface area contributed by atoms with E-state index in [1.54, 1.807) is 0 Å². The molecule has 4 rings (SSSR count). The van der Waals surface area contributed by atoms with Gasteiger partial charge in [0.05, 0.1) is 30.7 Å². The fraction of sp³-hybridized carbons (Fsp3) is 0.238. The average molecular weight is 498 g/mol. The minimum absolute atomic E-state index is 0.0566. The molecule has 13 heteroatoms. The molecule has 3 aromatic rings. The molecule has 1 aliphatic heterocycles. The number of carbonyl (C=O) groups is 1. The van der Waals surface area contributed by atoms with Gasteiger partial charge in [-0.2, -0.15) is 0 Å². The van der Waals surface area contributed by atoms with Crippen molar-refractivity contribution in [1.82, 2.24) is 14.5 Å². The molecule has 2 aromatic heterocycles. The van der Waals surface area contributed by atoms with Crippen LogP contribution in [0, 0.1) is 0 Å². The fourth-order valence-corrected chi connectivity index (χ4v) is 3.33. The predicted molar refractivity (Wildman–Crippen MR) is 116 cm³/mol. The lowest BCUT2D eigenvalue weighted by Gasteiger charge is -2.40. The normalized spacial score (nSPS) is 14.9. The summed E-state index contributed by atoms with van der Waals surface area (Å²) in [5.41, 5.74) is -3.55. The van der Waals surface area contributed by atoms with Crippen molar-refractivity contribution in [2.45, 2.75) is 11.5 Å². The Kier molecular flexibility index (Phi) is 5.94. The van der Waals surface area contributed by atoms with E-state index in [0.29, 0.717) is 0 Å². The highest BCUT2D eigenvalue weighted by Gasteiger charge is 2.45. The molecule has 0 radical (unpaired) electrons. The van der Waals surface area contributed by atoms with Gasteiger partial charge in [-0.05, 0) is 30.3 Å². The zero-order chi connectivity index (χ0) is 24.7. The first-order chi connectivity index (χ1) is 15.9. The molecule has 0 atom stereocenters. The van der Waals surface area contributed by atoms with Crippen molar-refractivity contribution in [2.75, 3.05) is 23.3 Å². The predicted octanol–water partition coefficient (Wildman–Crippen LogP) is 3.72. The van der Waals surface area contributed by atoms with Crippen LogP contribution in [0.25, 0.3) is 11.3 Å². The van der Waals surface area contributed by atoms with Gasteiger partial charge in [-0.15, -0.1) is 8.78 Å². The lowest BCUT2D eigenvalue weighted by atomic mass is 10.1. The number of halogens is 5. The first kappa shape index (κ1) is 23.5. The van der Waals surface area contributed by atoms with E-state index in [0.717, 1.165) is 0 Å². The van der Waals surface area contributed by atoms with Crippen molar-refractivity contribution in [1.29, 1.82) is 0 Å². The molecule has 1 N–H and O–H groups in total. The Labute approximate surface area is 194 Å². The smallest absolute Gasteiger partial charge is 0.420 e. The number of ether oxygens (including phenoxy) is 1. The van der Waals surface area contributed by atoms with Gasteiger partial charge in [0.25, 0.3) is 17.4 Å². The third kappa shape index (κ3) is 5.28. The summed E-state index contributed by atoms with van der Waals surface area (Å²) in [7, 11) is 1.50. The molecule has 8 nitrogen and oxygen atoms in total. The van der Waals surface area contributed by atoms with Crippen LogP contribution in [0.4, 0.5) is 29.1 Å². The summed E-state index contributed by atoms with van der Waals surface area (Å²) < 4.78 is 57.8. The summed E-state index contributed by atoms with van der Waals surface area (Å²) in [4.78, 5) is 34.5. The Morgan fingerprint density at radius 2 is 1.85 bits per heavy atom. The molecule has 0 unspecified atom stereocenters. The van der Waals surface area contributed by atoms with E-state index in [1.165, 1.54) is 65.4 Å². The lowest BCUT2D eigenvalue weighted by molar-refractivity contribution is -0.0964. The van der Waals surface area contributed by atoms with Crippen LogP contribution in [0.2, 0.25) is 0 Å². The summed E-state index contributed by atoms with van der Waals surface area (Å²) in [5, 5.41) is 2.56. The summed E-state index contributed by atoms with van der Waals surface area (Å²) in [5.74, 6) is -3.53. The second-order valence-corrected chi connectivity index (χ2v) is 8.00. The van der Waals surface area contributed by atoms with Gasteiger partial charge >= 0.3 is 5.57 Å². The van der Waals surface area contributed by atoms with Gasteiger partial charge in [-0.1, -0.05) is 0 Å². The van der Waals surface area contributed by atoms with Gasteiger partial charge in [0.15, 0.2) is 0 Å². The largest absolute Gasteiger partial charge is 0.487 e. The summed E-state index contributed by atoms with van der Waals surface area (Å²) in [6.45, 7) is -1.11. The number of nitrogens with one attached hydrogen (secondary N) is 1. The Morgan fingerprint density at radius 1 is 1.18 bits per heavy atom. The molecule has 1 aromatic carbocycles. The monoisotopic (exact) mass is 497 g/mol. The highest BCUT2D eigenvalue weighted by molar-refractivity contribution is 6.20. The number of alkyl halides is 5. The number of rotatable bonds is 6. The Morgan fingerprint density at radius 3 is 2.44 bits per heavy atom. The molecule has 178 valence electrons. The van der Waals surface area contributed by atoms with Crippen molar-refractivity contribution < 1.29 is 27.1 Å². The zero-order valence-corrected chi connectivity index (χ0v) is 18.2. The van der Waals surface area contributed by atoms with Crippen LogP contribution in [-0.2, 0) is 7.05 Å². The topological polar surface area (TPSA) is 89.3 Å². The van der Waals surface area contributed by atoms with Crippen LogP contribution in [-0.4, -0.2) is 45.0 Å². The molecule has 1 fully saturated rings. The number of anilines is 2. The minimum Gasteiger partial charge on any atom is -0.420 e. The highest BCUT2D eigenvalue weighted by atomic mass is 35.5. The quantitative estimate of drug-likeness (QED) is 0.412. The third-order valence-electron chi connectivity index (χ3n) is 4.87. The van der Waals surface area contributed by atoms with E-state index in [-0.39, 0.29) is 39.6 Å². The first-order valence-electron chi connectivity index (χ1n) is 9.73. The van der Waals surface area contributed by atoms with Crippen molar-refractivity contribution >= 4 is 29.0 Å². The number of aryl methyl sites for hydroxylation is 1. The van der Waals surface area contributed by atoms with Crippen LogP contribution in [0.3, 0.4) is 0 Å². The van der Waals surface area contributed by atoms with Gasteiger partial charge in [0.2, 0.25) is 0 Å². The summed E-state index contributed by atoms with van der Waals surface area (Å²) in [6.07, 6.45) is 2.48. The Balaban J connectivity index is 1.61. The van der Waals surface area contributed by atoms with Gasteiger partial charge in [-0.3, -0.25) is 9.59 Å². The van der Waals surface area contributed by atoms with Crippen LogP contribution in [0.5, 0.6) is 5.75 Å². The third-order valence-corrected chi connectivity index (χ3v) is 4.95. The molecule has 0 bridgehead atoms. The van der Waals surface area contributed by atoms with Crippen molar-refractivity contribution in [3.63, 3.8) is 0 Å². The summed E-state index contributed by atoms with van der Waals surface area (Å²) >= 11 is 4.72. The number of aromatic nitrogens is 3. The number of hydrogen-bond donors (Lipinski definition) is 1. The van der Waals surface area contributed by atoms with Crippen molar-refractivity contribution in [3.05, 3.63) is 64.8 Å². The minimum atomic E-state index is -3.87. The van der Waals surface area contributed by atoms with E-state index >= 15 is 0 Å². The van der Waals surface area contributed by atoms with Crippen LogP contribution >= 0.6 is 11.6 Å². The fourth-order valence-electron chi connectivity index (χ4n) is 3.24. The van der Waals surface area contributed by atoms with E-state index in [9.17, 15) is 27.2 Å². The molecule has 0 aliphatic carbocycles. The number of carbonyl (C=O) groups excluding carboxylic acids is 1. The molecule has 34 heavy (non-hydrogen) atoms. The van der Waals surface area contributed by atoms with Crippen LogP contribution in [0.15, 0.2) is 53.7 Å². The van der Waals surface area contributed by atoms with Crippen LogP contribution < -0.4 is 20.5 Å². The number of amides is 1. The molecular formula is C21H16ClF4N5O3. The van der Waals surface area contributed by atoms with Gasteiger partial charge in [0.1, 0.15) is 11.6 Å². The molecule has 1 aliphatic rings. The molecule has 0 spiro atoms. The highest BCUT2D eigenvalue weighted by Crippen LogP contribution is 2.36. The number of pyridine rings is 1. The zero-order valence-electron chi connectivity index (χ0n) is 17.4. The molecule has 0 saturated carbocycles. The molecule has 1 saturated heterocycles. The van der Waals surface area contributed by atoms with E-state index < -0.39 is 30.5 Å². The Bertz CT molecular complexity index is 1290. The maximum atomic E-state index is 13.4. The SMILES string of the molecule is Cn1cnc(-c2cc(C(=O)Nc3ccc(OC(F)(F)Cl)cc3)cnc2N2CC(F)(F)C2)cc1=O. The van der Waals surface area contributed by atoms with Crippen LogP contribution in [0.1, 0.15) is 10.4 Å². The average Bonchev–Trinajstić information content (AvgIpc) is 2.74. The number of benzene rings is 1. The van der Waals surface area contributed by atoms with E-state index in [4.69, 9.17) is 11.6 Å². The Hall–Kier alpha value is -3.67. The maximum absolute atomic E-state index is 13.4. The van der Waals surface area contributed by atoms with Gasteiger partial charge in [0, 0.05) is 42.2 Å². The second-order valence-electron chi connectivity index (χ2n) is 7.56. The second kappa shape index (κ2) is 8.60. The van der Waals surface area contributed by atoms with Gasteiger partial charge in [-0.25, -0.2) is 18.7 Å². The van der Waals surface area contributed by atoms with E-state index in [1.807, 2.05) is 0 Å². The summed E-state index contributed by atoms with van der Waals surface area (Å²) in [6, 6.07) is 7.62. The maximum Gasteiger partial charge on any atom is 0.487 e. The molecule has 3 heterocycles. The number of hydrogen-bond acceptors (Lipinski definition) is 6. The van der Waals surface area contributed by atoms with E-state index in [2.05, 4.69) is 20.0 Å². The van der Waals surface area contributed by atoms with Crippen molar-refractivity contribution in [3.8, 4) is 17.0 Å². The lowest BCUT2D eigenvalue weighted by Crippen LogP contribution is -2.56. The van der Waals surface area contributed by atoms with Crippen molar-refractivity contribution in [2.24, 2.45) is 7.05 Å². The number of nitrogens with zero attached hydrogens (tertiary/aromatic N) is 4. The first-order valence-corrected chi connectivity index (χ1v) is 10.1. The van der Waals surface area contributed by atoms with Gasteiger partial charge < -0.3 is 19.5 Å².